The summed E-state index contributed by atoms with van der Waals surface area (Å²) in [5, 5.41) is 53.7. The van der Waals surface area contributed by atoms with E-state index in [2.05, 4.69) is 29.6 Å². The van der Waals surface area contributed by atoms with Gasteiger partial charge in [0.2, 0.25) is 5.91 Å². The lowest BCUT2D eigenvalue weighted by molar-refractivity contribution is -0.250. The van der Waals surface area contributed by atoms with Gasteiger partial charge in [0.15, 0.2) is 6.23 Å². The van der Waals surface area contributed by atoms with E-state index in [1.807, 2.05) is 31.3 Å². The minimum atomic E-state index is -1.45. The zero-order chi connectivity index (χ0) is 27.4. The van der Waals surface area contributed by atoms with Crippen molar-refractivity contribution in [2.75, 3.05) is 13.2 Å². The highest BCUT2D eigenvalue weighted by atomic mass is 16.6. The van der Waals surface area contributed by atoms with Gasteiger partial charge in [-0.15, -0.1) is 0 Å². The Balaban J connectivity index is 1.50. The molecule has 1 fully saturated rings. The third-order valence-electron chi connectivity index (χ3n) is 7.25. The molecular formula is C29H38N2O7. The average molecular weight is 527 g/mol. The van der Waals surface area contributed by atoms with Gasteiger partial charge in [-0.2, -0.15) is 0 Å². The Labute approximate surface area is 222 Å². The van der Waals surface area contributed by atoms with Gasteiger partial charge < -0.3 is 40.2 Å². The van der Waals surface area contributed by atoms with Crippen molar-refractivity contribution in [1.82, 2.24) is 9.88 Å². The van der Waals surface area contributed by atoms with Crippen molar-refractivity contribution < 1.29 is 35.1 Å². The SMILES string of the molecule is Cc1cccc2c1c(Cc1ccc(CCCC(=O)N[C@@H](C)CO)cc1)cn2[C@@H]1O[C@H](CO)[C@@H](O)[C@H](O)[C@H]1O. The quantitative estimate of drug-likeness (QED) is 0.234. The van der Waals surface area contributed by atoms with Crippen LogP contribution in [0, 0.1) is 6.92 Å². The normalized spacial score (nSPS) is 24.4. The maximum atomic E-state index is 11.9. The number of hydrogen-bond donors (Lipinski definition) is 6. The van der Waals surface area contributed by atoms with E-state index in [4.69, 9.17) is 9.84 Å². The van der Waals surface area contributed by atoms with Crippen molar-refractivity contribution in [1.29, 1.82) is 0 Å². The molecule has 1 aliphatic heterocycles. The fraction of sp³-hybridized carbons (Fsp3) is 0.483. The number of amides is 1. The average Bonchev–Trinajstić information content (AvgIpc) is 3.27. The number of carbonyl (C=O) groups is 1. The van der Waals surface area contributed by atoms with Crippen LogP contribution in [0.1, 0.15) is 48.2 Å². The van der Waals surface area contributed by atoms with Gasteiger partial charge in [-0.3, -0.25) is 4.79 Å². The first kappa shape index (κ1) is 28.2. The van der Waals surface area contributed by atoms with Gasteiger partial charge in [-0.05, 0) is 61.4 Å². The Bertz CT molecular complexity index is 1220. The number of fused-ring (bicyclic) bond motifs is 1. The van der Waals surface area contributed by atoms with E-state index >= 15 is 0 Å². The Kier molecular flexibility index (Phi) is 9.19. The molecule has 0 unspecified atom stereocenters. The zero-order valence-electron chi connectivity index (χ0n) is 21.8. The summed E-state index contributed by atoms with van der Waals surface area (Å²) >= 11 is 0. The molecule has 0 spiro atoms. The summed E-state index contributed by atoms with van der Waals surface area (Å²) in [5.41, 5.74) is 5.15. The maximum absolute atomic E-state index is 11.9. The highest BCUT2D eigenvalue weighted by Gasteiger charge is 2.44. The molecule has 3 aromatic rings. The van der Waals surface area contributed by atoms with E-state index in [1.165, 1.54) is 0 Å². The number of nitrogens with zero attached hydrogens (tertiary/aromatic N) is 1. The lowest BCUT2D eigenvalue weighted by Crippen LogP contribution is -2.56. The lowest BCUT2D eigenvalue weighted by Gasteiger charge is -2.40. The fourth-order valence-electron chi connectivity index (χ4n) is 5.13. The van der Waals surface area contributed by atoms with Crippen LogP contribution in [0.3, 0.4) is 0 Å². The van der Waals surface area contributed by atoms with Gasteiger partial charge in [0, 0.05) is 24.0 Å². The first-order chi connectivity index (χ1) is 18.2. The Hall–Kier alpha value is -2.79. The van der Waals surface area contributed by atoms with Crippen LogP contribution < -0.4 is 5.32 Å². The second-order valence-electron chi connectivity index (χ2n) is 10.2. The topological polar surface area (TPSA) is 144 Å². The summed E-state index contributed by atoms with van der Waals surface area (Å²) < 4.78 is 7.61. The Morgan fingerprint density at radius 1 is 1.03 bits per heavy atom. The number of aliphatic hydroxyl groups excluding tert-OH is 5. The van der Waals surface area contributed by atoms with Gasteiger partial charge in [0.05, 0.1) is 18.7 Å². The fourth-order valence-corrected chi connectivity index (χ4v) is 5.13. The number of nitrogens with one attached hydrogen (secondary N) is 1. The number of carbonyl (C=O) groups excluding carboxylic acids is 1. The van der Waals surface area contributed by atoms with Gasteiger partial charge in [0.25, 0.3) is 0 Å². The summed E-state index contributed by atoms with van der Waals surface area (Å²) in [7, 11) is 0. The van der Waals surface area contributed by atoms with Crippen LogP contribution >= 0.6 is 0 Å². The van der Waals surface area contributed by atoms with E-state index in [9.17, 15) is 25.2 Å². The summed E-state index contributed by atoms with van der Waals surface area (Å²) in [5.74, 6) is -0.0608. The van der Waals surface area contributed by atoms with Crippen molar-refractivity contribution in [2.24, 2.45) is 0 Å². The molecule has 0 bridgehead atoms. The number of rotatable bonds is 10. The minimum Gasteiger partial charge on any atom is -0.394 e. The predicted octanol–water partition coefficient (Wildman–Crippen LogP) is 1.33. The molecule has 9 nitrogen and oxygen atoms in total. The molecule has 1 aromatic heterocycles. The number of aryl methyl sites for hydroxylation is 2. The molecule has 2 heterocycles. The van der Waals surface area contributed by atoms with Crippen LogP contribution in [-0.2, 0) is 22.4 Å². The monoisotopic (exact) mass is 526 g/mol. The first-order valence-electron chi connectivity index (χ1n) is 13.1. The third kappa shape index (κ3) is 6.09. The van der Waals surface area contributed by atoms with Crippen LogP contribution in [-0.4, -0.2) is 79.7 Å². The van der Waals surface area contributed by atoms with Gasteiger partial charge in [-0.25, -0.2) is 0 Å². The van der Waals surface area contributed by atoms with Gasteiger partial charge in [0.1, 0.15) is 24.4 Å². The molecule has 4 rings (SSSR count). The molecule has 2 aromatic carbocycles. The second kappa shape index (κ2) is 12.4. The van der Waals surface area contributed by atoms with Gasteiger partial charge >= 0.3 is 0 Å². The molecule has 1 aliphatic rings. The molecule has 38 heavy (non-hydrogen) atoms. The summed E-state index contributed by atoms with van der Waals surface area (Å²) in [4.78, 5) is 11.9. The van der Waals surface area contributed by atoms with Crippen molar-refractivity contribution in [3.63, 3.8) is 0 Å². The number of aromatic nitrogens is 1. The van der Waals surface area contributed by atoms with Gasteiger partial charge in [-0.1, -0.05) is 36.4 Å². The molecule has 6 atom stereocenters. The smallest absolute Gasteiger partial charge is 0.220 e. The molecule has 1 saturated heterocycles. The number of ether oxygens (including phenoxy) is 1. The Morgan fingerprint density at radius 2 is 1.74 bits per heavy atom. The molecular weight excluding hydrogens is 488 g/mol. The molecule has 0 aliphatic carbocycles. The van der Waals surface area contributed by atoms with E-state index in [0.29, 0.717) is 12.8 Å². The van der Waals surface area contributed by atoms with Crippen LogP contribution in [0.4, 0.5) is 0 Å². The maximum Gasteiger partial charge on any atom is 0.220 e. The highest BCUT2D eigenvalue weighted by Crippen LogP contribution is 2.35. The van der Waals surface area contributed by atoms with Crippen LogP contribution in [0.2, 0.25) is 0 Å². The molecule has 0 saturated carbocycles. The van der Waals surface area contributed by atoms with Crippen molar-refractivity contribution in [3.05, 3.63) is 70.9 Å². The third-order valence-corrected chi connectivity index (χ3v) is 7.25. The molecule has 1 amide bonds. The molecule has 6 N–H and O–H groups in total. The van der Waals surface area contributed by atoms with Crippen LogP contribution in [0.15, 0.2) is 48.7 Å². The lowest BCUT2D eigenvalue weighted by atomic mass is 9.98. The van der Waals surface area contributed by atoms with Crippen LogP contribution in [0.5, 0.6) is 0 Å². The second-order valence-corrected chi connectivity index (χ2v) is 10.2. The summed E-state index contributed by atoms with van der Waals surface area (Å²) in [6.07, 6.45) is -1.75. The van der Waals surface area contributed by atoms with E-state index in [1.54, 1.807) is 11.5 Å². The van der Waals surface area contributed by atoms with Crippen LogP contribution in [0.25, 0.3) is 10.9 Å². The van der Waals surface area contributed by atoms with E-state index in [-0.39, 0.29) is 18.6 Å². The highest BCUT2D eigenvalue weighted by molar-refractivity contribution is 5.87. The molecule has 0 radical (unpaired) electrons. The predicted molar refractivity (Wildman–Crippen MR) is 143 cm³/mol. The number of hydrogen-bond acceptors (Lipinski definition) is 7. The van der Waals surface area contributed by atoms with Crippen molar-refractivity contribution in [3.8, 4) is 0 Å². The van der Waals surface area contributed by atoms with E-state index in [0.717, 1.165) is 46.0 Å². The van der Waals surface area contributed by atoms with E-state index < -0.39 is 37.3 Å². The van der Waals surface area contributed by atoms with Crippen molar-refractivity contribution >= 4 is 16.8 Å². The minimum absolute atomic E-state index is 0.0608. The standard InChI is InChI=1S/C29H38N2O7/c1-17-5-3-7-22-25(17)21(14-31(22)29-28(37)27(36)26(35)23(16-33)38-29)13-20-11-9-19(10-12-20)6-4-8-24(34)30-18(2)15-32/h3,5,7,9-12,14,18,23,26-29,32-33,35-37H,4,6,8,13,15-16H2,1-2H3,(H,30,34)/t18-,23+,26+,27-,28+,29+/m0/s1. The summed E-state index contributed by atoms with van der Waals surface area (Å²) in [6.45, 7) is 3.22. The first-order valence-corrected chi connectivity index (χ1v) is 13.1. The number of aliphatic hydroxyl groups is 5. The summed E-state index contributed by atoms with van der Waals surface area (Å²) in [6, 6.07) is 13.9. The molecule has 9 heteroatoms. The van der Waals surface area contributed by atoms with Crippen molar-refractivity contribution in [2.45, 2.75) is 76.2 Å². The Morgan fingerprint density at radius 3 is 2.42 bits per heavy atom. The zero-order valence-corrected chi connectivity index (χ0v) is 21.8. The largest absolute Gasteiger partial charge is 0.394 e. The molecule has 206 valence electrons. The number of benzene rings is 2.